The summed E-state index contributed by atoms with van der Waals surface area (Å²) in [5.41, 5.74) is 4.86. The molecule has 0 aromatic rings. The van der Waals surface area contributed by atoms with Crippen LogP contribution in [0.5, 0.6) is 0 Å². The molecule has 2 N–H and O–H groups in total. The number of hydrogen-bond donors (Lipinski definition) is 1. The molecule has 5 heteroatoms. The monoisotopic (exact) mass is 169 g/mol. The van der Waals surface area contributed by atoms with E-state index in [1.165, 1.54) is 14.0 Å². The standard InChI is InChI=1S/C7H11N3O2/c1-5(3-8)7(12)10(2)4-6(9)11/h5H,4H2,1-2H3,(H2,9,11). The van der Waals surface area contributed by atoms with Crippen LogP contribution in [-0.2, 0) is 9.59 Å². The predicted molar refractivity (Wildman–Crippen MR) is 41.6 cm³/mol. The summed E-state index contributed by atoms with van der Waals surface area (Å²) in [6.07, 6.45) is 0. The van der Waals surface area contributed by atoms with Crippen molar-refractivity contribution in [3.05, 3.63) is 0 Å². The van der Waals surface area contributed by atoms with Gasteiger partial charge in [0, 0.05) is 7.05 Å². The lowest BCUT2D eigenvalue weighted by atomic mass is 10.2. The molecule has 5 nitrogen and oxygen atoms in total. The van der Waals surface area contributed by atoms with E-state index in [0.717, 1.165) is 4.90 Å². The smallest absolute Gasteiger partial charge is 0.239 e. The highest BCUT2D eigenvalue weighted by Gasteiger charge is 2.17. The third-order valence-electron chi connectivity index (χ3n) is 1.33. The van der Waals surface area contributed by atoms with Crippen LogP contribution in [0.2, 0.25) is 0 Å². The third kappa shape index (κ3) is 3.01. The molecule has 0 heterocycles. The van der Waals surface area contributed by atoms with Gasteiger partial charge in [-0.15, -0.1) is 0 Å². The number of likely N-dealkylation sites (N-methyl/N-ethyl adjacent to an activating group) is 1. The summed E-state index contributed by atoms with van der Waals surface area (Å²) >= 11 is 0. The Morgan fingerprint density at radius 1 is 1.67 bits per heavy atom. The zero-order valence-electron chi connectivity index (χ0n) is 7.07. The van der Waals surface area contributed by atoms with E-state index in [9.17, 15) is 9.59 Å². The lowest BCUT2D eigenvalue weighted by Crippen LogP contribution is -2.37. The molecule has 0 aromatic carbocycles. The summed E-state index contributed by atoms with van der Waals surface area (Å²) in [5, 5.41) is 8.37. The fraction of sp³-hybridized carbons (Fsp3) is 0.571. The molecule has 0 spiro atoms. The summed E-state index contributed by atoms with van der Waals surface area (Å²) in [7, 11) is 1.43. The Morgan fingerprint density at radius 3 is 2.50 bits per heavy atom. The zero-order valence-corrected chi connectivity index (χ0v) is 7.07. The highest BCUT2D eigenvalue weighted by atomic mass is 16.2. The molecule has 1 atom stereocenters. The Morgan fingerprint density at radius 2 is 2.17 bits per heavy atom. The van der Waals surface area contributed by atoms with Crippen molar-refractivity contribution in [2.75, 3.05) is 13.6 Å². The second-order valence-corrected chi connectivity index (χ2v) is 2.51. The van der Waals surface area contributed by atoms with Crippen molar-refractivity contribution in [3.8, 4) is 6.07 Å². The van der Waals surface area contributed by atoms with E-state index < -0.39 is 17.7 Å². The van der Waals surface area contributed by atoms with Crippen LogP contribution < -0.4 is 5.73 Å². The first kappa shape index (κ1) is 10.4. The molecule has 0 fully saturated rings. The molecular weight excluding hydrogens is 158 g/mol. The van der Waals surface area contributed by atoms with Crippen molar-refractivity contribution in [1.29, 1.82) is 5.26 Å². The van der Waals surface area contributed by atoms with Gasteiger partial charge in [-0.3, -0.25) is 9.59 Å². The number of amides is 2. The first-order valence-corrected chi connectivity index (χ1v) is 3.42. The van der Waals surface area contributed by atoms with Gasteiger partial charge in [-0.1, -0.05) is 0 Å². The molecule has 0 aliphatic rings. The number of nitrogens with two attached hydrogens (primary N) is 1. The maximum Gasteiger partial charge on any atom is 0.239 e. The summed E-state index contributed by atoms with van der Waals surface area (Å²) < 4.78 is 0. The largest absolute Gasteiger partial charge is 0.368 e. The number of carbonyl (C=O) groups excluding carboxylic acids is 2. The number of nitrogens with zero attached hydrogens (tertiary/aromatic N) is 2. The highest BCUT2D eigenvalue weighted by molar-refractivity contribution is 5.85. The quantitative estimate of drug-likeness (QED) is 0.593. The van der Waals surface area contributed by atoms with Gasteiger partial charge in [-0.25, -0.2) is 0 Å². The van der Waals surface area contributed by atoms with Crippen molar-refractivity contribution < 1.29 is 9.59 Å². The van der Waals surface area contributed by atoms with E-state index >= 15 is 0 Å². The van der Waals surface area contributed by atoms with E-state index in [0.29, 0.717) is 0 Å². The summed E-state index contributed by atoms with van der Waals surface area (Å²) in [6.45, 7) is 1.32. The maximum absolute atomic E-state index is 11.1. The van der Waals surface area contributed by atoms with Crippen molar-refractivity contribution in [2.24, 2.45) is 11.7 Å². The van der Waals surface area contributed by atoms with Gasteiger partial charge in [0.15, 0.2) is 0 Å². The van der Waals surface area contributed by atoms with Crippen LogP contribution in [0, 0.1) is 17.2 Å². The normalized spacial score (nSPS) is 11.4. The second kappa shape index (κ2) is 4.34. The van der Waals surface area contributed by atoms with Gasteiger partial charge >= 0.3 is 0 Å². The van der Waals surface area contributed by atoms with Crippen LogP contribution >= 0.6 is 0 Å². The fourth-order valence-electron chi connectivity index (χ4n) is 0.697. The summed E-state index contributed by atoms with van der Waals surface area (Å²) in [5.74, 6) is -1.71. The summed E-state index contributed by atoms with van der Waals surface area (Å²) in [4.78, 5) is 22.6. The molecule has 12 heavy (non-hydrogen) atoms. The molecule has 0 rings (SSSR count). The predicted octanol–water partition coefficient (Wildman–Crippen LogP) is -0.910. The van der Waals surface area contributed by atoms with E-state index in [1.807, 2.05) is 0 Å². The average molecular weight is 169 g/mol. The maximum atomic E-state index is 11.1. The molecule has 0 bridgehead atoms. The SMILES string of the molecule is CC(C#N)C(=O)N(C)CC(N)=O. The van der Waals surface area contributed by atoms with Gasteiger partial charge in [-0.05, 0) is 6.92 Å². The number of carbonyl (C=O) groups is 2. The average Bonchev–Trinajstić information content (AvgIpc) is 2.00. The molecule has 0 aliphatic heterocycles. The first-order valence-electron chi connectivity index (χ1n) is 3.42. The Hall–Kier alpha value is -1.57. The topological polar surface area (TPSA) is 87.2 Å². The highest BCUT2D eigenvalue weighted by Crippen LogP contribution is 1.97. The van der Waals surface area contributed by atoms with Gasteiger partial charge < -0.3 is 10.6 Å². The van der Waals surface area contributed by atoms with Gasteiger partial charge in [0.2, 0.25) is 11.8 Å². The molecule has 0 saturated carbocycles. The molecule has 0 saturated heterocycles. The van der Waals surface area contributed by atoms with Gasteiger partial charge in [0.1, 0.15) is 5.92 Å². The lowest BCUT2D eigenvalue weighted by molar-refractivity contribution is -0.135. The van der Waals surface area contributed by atoms with E-state index in [4.69, 9.17) is 11.0 Å². The molecular formula is C7H11N3O2. The Bertz CT molecular complexity index is 231. The Labute approximate surface area is 70.7 Å². The van der Waals surface area contributed by atoms with E-state index in [-0.39, 0.29) is 6.54 Å². The number of rotatable bonds is 3. The van der Waals surface area contributed by atoms with Crippen molar-refractivity contribution in [1.82, 2.24) is 4.90 Å². The van der Waals surface area contributed by atoms with Crippen LogP contribution in [-0.4, -0.2) is 30.3 Å². The Balaban J connectivity index is 4.12. The molecule has 0 radical (unpaired) electrons. The van der Waals surface area contributed by atoms with Crippen molar-refractivity contribution >= 4 is 11.8 Å². The van der Waals surface area contributed by atoms with Crippen LogP contribution in [0.25, 0.3) is 0 Å². The van der Waals surface area contributed by atoms with Crippen LogP contribution in [0.15, 0.2) is 0 Å². The lowest BCUT2D eigenvalue weighted by Gasteiger charge is -2.15. The van der Waals surface area contributed by atoms with Gasteiger partial charge in [0.25, 0.3) is 0 Å². The van der Waals surface area contributed by atoms with Crippen molar-refractivity contribution in [3.63, 3.8) is 0 Å². The number of hydrogen-bond acceptors (Lipinski definition) is 3. The van der Waals surface area contributed by atoms with Crippen LogP contribution in [0.4, 0.5) is 0 Å². The second-order valence-electron chi connectivity index (χ2n) is 2.51. The third-order valence-corrected chi connectivity index (χ3v) is 1.33. The molecule has 0 aromatic heterocycles. The minimum absolute atomic E-state index is 0.148. The fourth-order valence-corrected chi connectivity index (χ4v) is 0.697. The first-order chi connectivity index (χ1) is 5.49. The van der Waals surface area contributed by atoms with Gasteiger partial charge in [-0.2, -0.15) is 5.26 Å². The van der Waals surface area contributed by atoms with Crippen LogP contribution in [0.3, 0.4) is 0 Å². The van der Waals surface area contributed by atoms with E-state index in [1.54, 1.807) is 6.07 Å². The van der Waals surface area contributed by atoms with E-state index in [2.05, 4.69) is 0 Å². The molecule has 2 amide bonds. The molecule has 0 aliphatic carbocycles. The number of primary amides is 1. The minimum atomic E-state index is -0.727. The zero-order chi connectivity index (χ0) is 9.72. The minimum Gasteiger partial charge on any atom is -0.368 e. The summed E-state index contributed by atoms with van der Waals surface area (Å²) in [6, 6.07) is 1.78. The molecule has 66 valence electrons. The number of nitriles is 1. The Kier molecular flexibility index (Phi) is 3.77. The van der Waals surface area contributed by atoms with Gasteiger partial charge in [0.05, 0.1) is 12.6 Å². The van der Waals surface area contributed by atoms with Crippen molar-refractivity contribution in [2.45, 2.75) is 6.92 Å². The van der Waals surface area contributed by atoms with Crippen LogP contribution in [0.1, 0.15) is 6.92 Å². The molecule has 1 unspecified atom stereocenters.